The SMILES string of the molecule is c1ccc(-c2ccnc(-n3c4ccc(-c5ccccc5)nc4c4ccc5sc6ccccc6c5c43)c2)cc1. The van der Waals surface area contributed by atoms with Crippen molar-refractivity contribution in [3.63, 3.8) is 0 Å². The van der Waals surface area contributed by atoms with Crippen LogP contribution >= 0.6 is 11.3 Å². The summed E-state index contributed by atoms with van der Waals surface area (Å²) < 4.78 is 4.86. The van der Waals surface area contributed by atoms with Crippen LogP contribution in [0.3, 0.4) is 0 Å². The van der Waals surface area contributed by atoms with Crippen LogP contribution in [0.1, 0.15) is 0 Å². The first-order valence-corrected chi connectivity index (χ1v) is 13.5. The van der Waals surface area contributed by atoms with E-state index in [0.29, 0.717) is 0 Å². The second kappa shape index (κ2) is 8.37. The van der Waals surface area contributed by atoms with Crippen LogP contribution in [0, 0.1) is 0 Å². The minimum absolute atomic E-state index is 0.892. The lowest BCUT2D eigenvalue weighted by Crippen LogP contribution is -1.98. The lowest BCUT2D eigenvalue weighted by atomic mass is 10.1. The van der Waals surface area contributed by atoms with Crippen molar-refractivity contribution >= 4 is 53.4 Å². The van der Waals surface area contributed by atoms with E-state index in [1.807, 2.05) is 29.7 Å². The monoisotopic (exact) mass is 503 g/mol. The van der Waals surface area contributed by atoms with Crippen LogP contribution in [0.25, 0.3) is 70.3 Å². The molecule has 0 saturated carbocycles. The summed E-state index contributed by atoms with van der Waals surface area (Å²) in [5.74, 6) is 0.892. The topological polar surface area (TPSA) is 30.7 Å². The Balaban J connectivity index is 1.51. The average Bonchev–Trinajstić information content (AvgIpc) is 3.53. The molecule has 0 spiro atoms. The van der Waals surface area contributed by atoms with Crippen LogP contribution < -0.4 is 0 Å². The molecule has 4 heterocycles. The highest BCUT2D eigenvalue weighted by molar-refractivity contribution is 7.26. The summed E-state index contributed by atoms with van der Waals surface area (Å²) >= 11 is 1.84. The molecule has 178 valence electrons. The van der Waals surface area contributed by atoms with E-state index in [4.69, 9.17) is 9.97 Å². The summed E-state index contributed by atoms with van der Waals surface area (Å²) in [6, 6.07) is 42.6. The van der Waals surface area contributed by atoms with Gasteiger partial charge in [0, 0.05) is 37.3 Å². The first kappa shape index (κ1) is 21.3. The van der Waals surface area contributed by atoms with Gasteiger partial charge in [0.05, 0.1) is 22.2 Å². The summed E-state index contributed by atoms with van der Waals surface area (Å²) in [5.41, 5.74) is 7.60. The van der Waals surface area contributed by atoms with Gasteiger partial charge in [-0.2, -0.15) is 0 Å². The van der Waals surface area contributed by atoms with E-state index in [-0.39, 0.29) is 0 Å². The van der Waals surface area contributed by atoms with Crippen LogP contribution in [-0.2, 0) is 0 Å². The van der Waals surface area contributed by atoms with Crippen LogP contribution in [0.15, 0.2) is 128 Å². The molecule has 0 aliphatic carbocycles. The molecule has 8 aromatic rings. The molecule has 0 atom stereocenters. The summed E-state index contributed by atoms with van der Waals surface area (Å²) in [4.78, 5) is 10.1. The van der Waals surface area contributed by atoms with E-state index in [0.717, 1.165) is 44.6 Å². The quantitative estimate of drug-likeness (QED) is 0.240. The molecule has 8 rings (SSSR count). The molecule has 0 fully saturated rings. The lowest BCUT2D eigenvalue weighted by Gasteiger charge is -2.10. The van der Waals surface area contributed by atoms with Gasteiger partial charge in [0.15, 0.2) is 0 Å². The molecule has 0 unspecified atom stereocenters. The van der Waals surface area contributed by atoms with Crippen molar-refractivity contribution in [3.05, 3.63) is 128 Å². The molecule has 4 heteroatoms. The average molecular weight is 504 g/mol. The minimum atomic E-state index is 0.892. The number of benzene rings is 4. The number of hydrogen-bond donors (Lipinski definition) is 0. The van der Waals surface area contributed by atoms with E-state index in [9.17, 15) is 0 Å². The number of rotatable bonds is 3. The van der Waals surface area contributed by atoms with Crippen molar-refractivity contribution < 1.29 is 0 Å². The van der Waals surface area contributed by atoms with E-state index in [1.165, 1.54) is 25.7 Å². The highest BCUT2D eigenvalue weighted by Crippen LogP contribution is 2.43. The van der Waals surface area contributed by atoms with Crippen molar-refractivity contribution in [2.75, 3.05) is 0 Å². The molecule has 0 radical (unpaired) electrons. The molecule has 0 aliphatic rings. The summed E-state index contributed by atoms with van der Waals surface area (Å²) in [7, 11) is 0. The third kappa shape index (κ3) is 3.21. The van der Waals surface area contributed by atoms with Gasteiger partial charge in [-0.25, -0.2) is 9.97 Å². The first-order chi connectivity index (χ1) is 18.8. The summed E-state index contributed by atoms with van der Waals surface area (Å²) in [6.45, 7) is 0. The van der Waals surface area contributed by atoms with Gasteiger partial charge in [0.1, 0.15) is 5.82 Å². The Hall–Kier alpha value is -4.80. The third-order valence-corrected chi connectivity index (χ3v) is 8.40. The van der Waals surface area contributed by atoms with E-state index in [2.05, 4.69) is 114 Å². The molecule has 3 nitrogen and oxygen atoms in total. The number of thiophene rings is 1. The van der Waals surface area contributed by atoms with Crippen LogP contribution in [0.5, 0.6) is 0 Å². The minimum Gasteiger partial charge on any atom is -0.291 e. The zero-order chi connectivity index (χ0) is 25.1. The Bertz CT molecular complexity index is 2120. The second-order valence-corrected chi connectivity index (χ2v) is 10.6. The molecule has 4 aromatic heterocycles. The fourth-order valence-corrected chi connectivity index (χ4v) is 6.64. The molecular weight excluding hydrogens is 482 g/mol. The van der Waals surface area contributed by atoms with Gasteiger partial charge in [0.2, 0.25) is 0 Å². The van der Waals surface area contributed by atoms with E-state index < -0.39 is 0 Å². The highest BCUT2D eigenvalue weighted by Gasteiger charge is 2.20. The van der Waals surface area contributed by atoms with Crippen LogP contribution in [-0.4, -0.2) is 14.5 Å². The van der Waals surface area contributed by atoms with Gasteiger partial charge in [-0.1, -0.05) is 78.9 Å². The van der Waals surface area contributed by atoms with Crippen LogP contribution in [0.4, 0.5) is 0 Å². The second-order valence-electron chi connectivity index (χ2n) is 9.47. The van der Waals surface area contributed by atoms with Crippen LogP contribution in [0.2, 0.25) is 0 Å². The van der Waals surface area contributed by atoms with Gasteiger partial charge in [-0.15, -0.1) is 11.3 Å². The number of pyridine rings is 2. The van der Waals surface area contributed by atoms with Gasteiger partial charge in [0.25, 0.3) is 0 Å². The maximum absolute atomic E-state index is 5.23. The van der Waals surface area contributed by atoms with Gasteiger partial charge >= 0.3 is 0 Å². The number of fused-ring (bicyclic) bond motifs is 7. The van der Waals surface area contributed by atoms with Crippen molar-refractivity contribution in [1.29, 1.82) is 0 Å². The normalized spacial score (nSPS) is 11.7. The smallest absolute Gasteiger partial charge is 0.138 e. The number of nitrogens with zero attached hydrogens (tertiary/aromatic N) is 3. The highest BCUT2D eigenvalue weighted by atomic mass is 32.1. The number of aromatic nitrogens is 3. The maximum atomic E-state index is 5.23. The standard InChI is InChI=1S/C34H21N3S/c1-3-9-22(10-4-1)24-19-20-35-31(21-24)37-28-17-16-27(23-11-5-2-6-12-23)36-33(28)26-15-18-30-32(34(26)37)25-13-7-8-14-29(25)38-30/h1-21H. The Morgan fingerprint density at radius 1 is 0.579 bits per heavy atom. The Kier molecular flexibility index (Phi) is 4.69. The molecule has 0 bridgehead atoms. The Labute approximate surface area is 223 Å². The molecule has 0 amide bonds. The predicted molar refractivity (Wildman–Crippen MR) is 160 cm³/mol. The van der Waals surface area contributed by atoms with Gasteiger partial charge in [-0.05, 0) is 53.6 Å². The van der Waals surface area contributed by atoms with E-state index in [1.54, 1.807) is 0 Å². The van der Waals surface area contributed by atoms with Crippen molar-refractivity contribution in [2.45, 2.75) is 0 Å². The summed E-state index contributed by atoms with van der Waals surface area (Å²) in [5, 5.41) is 3.67. The number of hydrogen-bond acceptors (Lipinski definition) is 3. The Morgan fingerprint density at radius 3 is 2.18 bits per heavy atom. The molecule has 0 aliphatic heterocycles. The van der Waals surface area contributed by atoms with Gasteiger partial charge < -0.3 is 0 Å². The molecule has 4 aromatic carbocycles. The zero-order valence-electron chi connectivity index (χ0n) is 20.4. The zero-order valence-corrected chi connectivity index (χ0v) is 21.2. The summed E-state index contributed by atoms with van der Waals surface area (Å²) in [6.07, 6.45) is 1.91. The maximum Gasteiger partial charge on any atom is 0.138 e. The van der Waals surface area contributed by atoms with Crippen molar-refractivity contribution in [2.24, 2.45) is 0 Å². The lowest BCUT2D eigenvalue weighted by molar-refractivity contribution is 1.08. The van der Waals surface area contributed by atoms with E-state index >= 15 is 0 Å². The fraction of sp³-hybridized carbons (Fsp3) is 0. The van der Waals surface area contributed by atoms with Crippen molar-refractivity contribution in [3.8, 4) is 28.2 Å². The fourth-order valence-electron chi connectivity index (χ4n) is 5.53. The largest absolute Gasteiger partial charge is 0.291 e. The first-order valence-electron chi connectivity index (χ1n) is 12.7. The molecule has 38 heavy (non-hydrogen) atoms. The molecule has 0 saturated heterocycles. The van der Waals surface area contributed by atoms with Crippen molar-refractivity contribution in [1.82, 2.24) is 14.5 Å². The third-order valence-electron chi connectivity index (χ3n) is 7.26. The Morgan fingerprint density at radius 2 is 1.34 bits per heavy atom. The van der Waals surface area contributed by atoms with Gasteiger partial charge in [-0.3, -0.25) is 4.57 Å². The molecule has 0 N–H and O–H groups in total. The predicted octanol–water partition coefficient (Wildman–Crippen LogP) is 9.28. The molecular formula is C34H21N3S.